The number of hydrogen-bond donors (Lipinski definition) is 1. The van der Waals surface area contributed by atoms with Crippen LogP contribution in [0.5, 0.6) is 5.75 Å². The van der Waals surface area contributed by atoms with Crippen LogP contribution in [0.15, 0.2) is 36.7 Å². The summed E-state index contributed by atoms with van der Waals surface area (Å²) in [7, 11) is 1.48. The number of esters is 1. The van der Waals surface area contributed by atoms with Crippen molar-refractivity contribution in [3.05, 3.63) is 42.2 Å². The van der Waals surface area contributed by atoms with Gasteiger partial charge in [0, 0.05) is 0 Å². The van der Waals surface area contributed by atoms with E-state index in [4.69, 9.17) is 9.47 Å². The first-order valence-electron chi connectivity index (χ1n) is 6.66. The SMILES string of the molecule is C=C(F)C(=O)NC(C(=O)OC(C)(C)C)c1cccc(OC)c1. The molecule has 0 radical (unpaired) electrons. The molecule has 0 bridgehead atoms. The van der Waals surface area contributed by atoms with Crippen molar-refractivity contribution in [2.75, 3.05) is 7.11 Å². The first-order chi connectivity index (χ1) is 10.1. The molecule has 1 atom stereocenters. The van der Waals surface area contributed by atoms with Crippen molar-refractivity contribution in [3.63, 3.8) is 0 Å². The van der Waals surface area contributed by atoms with Crippen LogP contribution in [-0.2, 0) is 14.3 Å². The first-order valence-corrected chi connectivity index (χ1v) is 6.66. The number of nitrogens with one attached hydrogen (secondary N) is 1. The number of amides is 1. The normalized spacial score (nSPS) is 12.2. The zero-order valence-electron chi connectivity index (χ0n) is 13.1. The van der Waals surface area contributed by atoms with Gasteiger partial charge in [-0.3, -0.25) is 4.79 Å². The third-order valence-corrected chi connectivity index (χ3v) is 2.59. The number of carbonyl (C=O) groups excluding carboxylic acids is 2. The zero-order chi connectivity index (χ0) is 16.9. The monoisotopic (exact) mass is 309 g/mol. The summed E-state index contributed by atoms with van der Waals surface area (Å²) in [6, 6.07) is 5.36. The van der Waals surface area contributed by atoms with Gasteiger partial charge in [0.15, 0.2) is 11.9 Å². The van der Waals surface area contributed by atoms with E-state index in [2.05, 4.69) is 11.9 Å². The molecule has 0 aliphatic rings. The average Bonchev–Trinajstić information content (AvgIpc) is 2.42. The van der Waals surface area contributed by atoms with Gasteiger partial charge in [0.05, 0.1) is 7.11 Å². The summed E-state index contributed by atoms with van der Waals surface area (Å²) in [5.74, 6) is -2.45. The van der Waals surface area contributed by atoms with Crippen LogP contribution < -0.4 is 10.1 Å². The van der Waals surface area contributed by atoms with Crippen LogP contribution in [0.2, 0.25) is 0 Å². The molecule has 0 saturated heterocycles. The minimum atomic E-state index is -1.18. The van der Waals surface area contributed by atoms with E-state index in [0.29, 0.717) is 11.3 Å². The van der Waals surface area contributed by atoms with Crippen LogP contribution in [0.4, 0.5) is 4.39 Å². The molecule has 0 heterocycles. The minimum absolute atomic E-state index is 0.420. The number of benzene rings is 1. The second-order valence-electron chi connectivity index (χ2n) is 5.62. The Labute approximate surface area is 129 Å². The van der Waals surface area contributed by atoms with Gasteiger partial charge in [-0.05, 0) is 38.5 Å². The molecule has 1 amide bonds. The third kappa shape index (κ3) is 5.20. The molecule has 1 rings (SSSR count). The van der Waals surface area contributed by atoms with E-state index in [9.17, 15) is 14.0 Å². The van der Waals surface area contributed by atoms with Gasteiger partial charge in [0.2, 0.25) is 0 Å². The molecule has 120 valence electrons. The van der Waals surface area contributed by atoms with Crippen LogP contribution in [0.3, 0.4) is 0 Å². The van der Waals surface area contributed by atoms with Crippen molar-refractivity contribution in [2.24, 2.45) is 0 Å². The van der Waals surface area contributed by atoms with E-state index >= 15 is 0 Å². The van der Waals surface area contributed by atoms with Crippen molar-refractivity contribution in [2.45, 2.75) is 32.4 Å². The number of halogens is 1. The van der Waals surface area contributed by atoms with Crippen molar-refractivity contribution in [3.8, 4) is 5.75 Å². The Kier molecular flexibility index (Phi) is 5.68. The molecule has 0 spiro atoms. The molecule has 1 N–H and O–H groups in total. The van der Waals surface area contributed by atoms with Gasteiger partial charge in [-0.25, -0.2) is 9.18 Å². The zero-order valence-corrected chi connectivity index (χ0v) is 13.1. The standard InChI is InChI=1S/C16H20FNO4/c1-10(17)14(19)18-13(15(20)22-16(2,3)4)11-7-6-8-12(9-11)21-5/h6-9,13H,1H2,2-5H3,(H,18,19). The Morgan fingerprint density at radius 1 is 1.32 bits per heavy atom. The van der Waals surface area contributed by atoms with Crippen molar-refractivity contribution >= 4 is 11.9 Å². The maximum Gasteiger partial charge on any atom is 0.333 e. The Balaban J connectivity index is 3.12. The van der Waals surface area contributed by atoms with Gasteiger partial charge in [-0.15, -0.1) is 0 Å². The highest BCUT2D eigenvalue weighted by Crippen LogP contribution is 2.23. The quantitative estimate of drug-likeness (QED) is 0.671. The number of ether oxygens (including phenoxy) is 2. The molecular weight excluding hydrogens is 289 g/mol. The third-order valence-electron chi connectivity index (χ3n) is 2.59. The van der Waals surface area contributed by atoms with Crippen LogP contribution >= 0.6 is 0 Å². The highest BCUT2D eigenvalue weighted by molar-refractivity contribution is 5.94. The molecule has 1 unspecified atom stereocenters. The molecule has 5 nitrogen and oxygen atoms in total. The summed E-state index contributed by atoms with van der Waals surface area (Å²) in [5.41, 5.74) is -0.325. The molecule has 6 heteroatoms. The molecule has 1 aromatic carbocycles. The number of hydrogen-bond acceptors (Lipinski definition) is 4. The predicted octanol–water partition coefficient (Wildman–Crippen LogP) is 2.68. The van der Waals surface area contributed by atoms with Crippen molar-refractivity contribution in [1.29, 1.82) is 0 Å². The Bertz CT molecular complexity index is 578. The Hall–Kier alpha value is -2.37. The highest BCUT2D eigenvalue weighted by atomic mass is 19.1. The van der Waals surface area contributed by atoms with E-state index in [-0.39, 0.29) is 0 Å². The fourth-order valence-corrected chi connectivity index (χ4v) is 1.67. The summed E-state index contributed by atoms with van der Waals surface area (Å²) in [5, 5.41) is 2.26. The molecule has 0 aliphatic carbocycles. The van der Waals surface area contributed by atoms with Crippen LogP contribution in [-0.4, -0.2) is 24.6 Å². The lowest BCUT2D eigenvalue weighted by atomic mass is 10.1. The first kappa shape index (κ1) is 17.7. The van der Waals surface area contributed by atoms with Crippen molar-refractivity contribution in [1.82, 2.24) is 5.32 Å². The fourth-order valence-electron chi connectivity index (χ4n) is 1.67. The Morgan fingerprint density at radius 3 is 2.45 bits per heavy atom. The lowest BCUT2D eigenvalue weighted by Gasteiger charge is -2.24. The Morgan fingerprint density at radius 2 is 1.95 bits per heavy atom. The highest BCUT2D eigenvalue weighted by Gasteiger charge is 2.29. The van der Waals surface area contributed by atoms with Gasteiger partial charge >= 0.3 is 5.97 Å². The second kappa shape index (κ2) is 7.06. The van der Waals surface area contributed by atoms with Gasteiger partial charge in [0.25, 0.3) is 5.91 Å². The van der Waals surface area contributed by atoms with E-state index in [1.165, 1.54) is 7.11 Å². The van der Waals surface area contributed by atoms with Gasteiger partial charge in [-0.1, -0.05) is 18.7 Å². The molecule has 1 aromatic rings. The molecular formula is C16H20FNO4. The molecule has 0 aliphatic heterocycles. The average molecular weight is 309 g/mol. The topological polar surface area (TPSA) is 64.6 Å². The minimum Gasteiger partial charge on any atom is -0.497 e. The molecule has 22 heavy (non-hydrogen) atoms. The van der Waals surface area contributed by atoms with Gasteiger partial charge < -0.3 is 14.8 Å². The summed E-state index contributed by atoms with van der Waals surface area (Å²) in [4.78, 5) is 23.8. The van der Waals surface area contributed by atoms with Crippen LogP contribution in [0.1, 0.15) is 32.4 Å². The summed E-state index contributed by atoms with van der Waals surface area (Å²) in [6.45, 7) is 8.01. The second-order valence-corrected chi connectivity index (χ2v) is 5.62. The van der Waals surface area contributed by atoms with Crippen LogP contribution in [0, 0.1) is 0 Å². The number of carbonyl (C=O) groups is 2. The smallest absolute Gasteiger partial charge is 0.333 e. The van der Waals surface area contributed by atoms with Gasteiger partial charge in [-0.2, -0.15) is 0 Å². The molecule has 0 fully saturated rings. The lowest BCUT2D eigenvalue weighted by Crippen LogP contribution is -2.38. The predicted molar refractivity (Wildman–Crippen MR) is 80.0 cm³/mol. The summed E-state index contributed by atoms with van der Waals surface area (Å²) in [6.07, 6.45) is 0. The van der Waals surface area contributed by atoms with Gasteiger partial charge in [0.1, 0.15) is 11.4 Å². The number of methoxy groups -OCH3 is 1. The number of rotatable bonds is 5. The van der Waals surface area contributed by atoms with E-state index in [0.717, 1.165) is 0 Å². The summed E-state index contributed by atoms with van der Waals surface area (Å²) >= 11 is 0. The van der Waals surface area contributed by atoms with E-state index in [1.54, 1.807) is 45.0 Å². The van der Waals surface area contributed by atoms with E-state index < -0.39 is 29.3 Å². The molecule has 0 saturated carbocycles. The maximum absolute atomic E-state index is 12.9. The van der Waals surface area contributed by atoms with Crippen molar-refractivity contribution < 1.29 is 23.5 Å². The van der Waals surface area contributed by atoms with Crippen LogP contribution in [0.25, 0.3) is 0 Å². The van der Waals surface area contributed by atoms with E-state index in [1.807, 2.05) is 0 Å². The fraction of sp³-hybridized carbons (Fsp3) is 0.375. The molecule has 0 aromatic heterocycles. The largest absolute Gasteiger partial charge is 0.497 e. The lowest BCUT2D eigenvalue weighted by molar-refractivity contribution is -0.158. The maximum atomic E-state index is 12.9. The summed E-state index contributed by atoms with van der Waals surface area (Å²) < 4.78 is 23.3.